The van der Waals surface area contributed by atoms with E-state index in [1.54, 1.807) is 25.1 Å². The van der Waals surface area contributed by atoms with Gasteiger partial charge in [-0.25, -0.2) is 8.78 Å². The van der Waals surface area contributed by atoms with Gasteiger partial charge in [0.25, 0.3) is 0 Å². The number of aliphatic hydroxyl groups is 1. The van der Waals surface area contributed by atoms with Crippen molar-refractivity contribution in [3.63, 3.8) is 0 Å². The molecule has 0 aliphatic carbocycles. The maximum absolute atomic E-state index is 13.4. The number of benzene rings is 2. The first-order valence-electron chi connectivity index (χ1n) is 6.01. The van der Waals surface area contributed by atoms with Crippen molar-refractivity contribution in [3.8, 4) is 5.75 Å². The molecular weight excluding hydrogens is 286 g/mol. The van der Waals surface area contributed by atoms with E-state index in [1.807, 2.05) is 0 Å². The van der Waals surface area contributed by atoms with Gasteiger partial charge < -0.3 is 9.84 Å². The first-order chi connectivity index (χ1) is 9.47. The maximum Gasteiger partial charge on any atom is 0.138 e. The topological polar surface area (TPSA) is 29.5 Å². The SMILES string of the molecule is C[C@@H](O)c1ccc(OCc2cc(F)ccc2F)c(Cl)c1. The van der Waals surface area contributed by atoms with E-state index in [-0.39, 0.29) is 12.2 Å². The largest absolute Gasteiger partial charge is 0.487 e. The number of rotatable bonds is 4. The van der Waals surface area contributed by atoms with Gasteiger partial charge in [0.1, 0.15) is 24.0 Å². The fraction of sp³-hybridized carbons (Fsp3) is 0.200. The van der Waals surface area contributed by atoms with Crippen LogP contribution in [0.5, 0.6) is 5.75 Å². The molecule has 1 N–H and O–H groups in total. The first-order valence-corrected chi connectivity index (χ1v) is 6.39. The minimum Gasteiger partial charge on any atom is -0.487 e. The van der Waals surface area contributed by atoms with Crippen molar-refractivity contribution in [2.24, 2.45) is 0 Å². The highest BCUT2D eigenvalue weighted by Gasteiger charge is 2.09. The lowest BCUT2D eigenvalue weighted by molar-refractivity contribution is 0.199. The second kappa shape index (κ2) is 6.20. The van der Waals surface area contributed by atoms with Crippen LogP contribution in [0.4, 0.5) is 8.78 Å². The summed E-state index contributed by atoms with van der Waals surface area (Å²) in [5, 5.41) is 9.73. The predicted molar refractivity (Wildman–Crippen MR) is 72.8 cm³/mol. The molecule has 1 atom stereocenters. The Morgan fingerprint density at radius 2 is 1.95 bits per heavy atom. The fourth-order valence-corrected chi connectivity index (χ4v) is 1.95. The molecule has 0 unspecified atom stereocenters. The molecule has 0 heterocycles. The third kappa shape index (κ3) is 3.46. The van der Waals surface area contributed by atoms with Gasteiger partial charge in [-0.05, 0) is 42.8 Å². The monoisotopic (exact) mass is 298 g/mol. The Kier molecular flexibility index (Phi) is 4.57. The molecule has 0 saturated heterocycles. The molecule has 0 amide bonds. The molecule has 106 valence electrons. The van der Waals surface area contributed by atoms with E-state index in [4.69, 9.17) is 16.3 Å². The Hall–Kier alpha value is -1.65. The van der Waals surface area contributed by atoms with Crippen LogP contribution >= 0.6 is 11.6 Å². The summed E-state index contributed by atoms with van der Waals surface area (Å²) in [7, 11) is 0. The number of aliphatic hydroxyl groups excluding tert-OH is 1. The van der Waals surface area contributed by atoms with Gasteiger partial charge in [0.2, 0.25) is 0 Å². The summed E-state index contributed by atoms with van der Waals surface area (Å²) in [5.74, 6) is -0.719. The Morgan fingerprint density at radius 1 is 1.20 bits per heavy atom. The summed E-state index contributed by atoms with van der Waals surface area (Å²) in [6, 6.07) is 7.99. The van der Waals surface area contributed by atoms with Crippen molar-refractivity contribution in [1.82, 2.24) is 0 Å². The Labute approximate surface area is 120 Å². The zero-order valence-electron chi connectivity index (χ0n) is 10.7. The average molecular weight is 299 g/mol. The van der Waals surface area contributed by atoms with Gasteiger partial charge in [0.05, 0.1) is 11.1 Å². The summed E-state index contributed by atoms with van der Waals surface area (Å²) < 4.78 is 31.8. The van der Waals surface area contributed by atoms with Gasteiger partial charge in [0, 0.05) is 5.56 Å². The Balaban J connectivity index is 2.13. The van der Waals surface area contributed by atoms with Crippen LogP contribution in [0.25, 0.3) is 0 Å². The average Bonchev–Trinajstić information content (AvgIpc) is 2.40. The summed E-state index contributed by atoms with van der Waals surface area (Å²) >= 11 is 6.01. The quantitative estimate of drug-likeness (QED) is 0.914. The molecule has 2 rings (SSSR count). The molecule has 0 bridgehead atoms. The first kappa shape index (κ1) is 14.8. The van der Waals surface area contributed by atoms with E-state index in [0.717, 1.165) is 18.2 Å². The van der Waals surface area contributed by atoms with Crippen LogP contribution in [0.3, 0.4) is 0 Å². The molecule has 0 fully saturated rings. The second-order valence-corrected chi connectivity index (χ2v) is 4.80. The van der Waals surface area contributed by atoms with E-state index in [1.165, 1.54) is 0 Å². The zero-order chi connectivity index (χ0) is 14.7. The van der Waals surface area contributed by atoms with E-state index in [0.29, 0.717) is 16.3 Å². The molecule has 2 nitrogen and oxygen atoms in total. The lowest BCUT2D eigenvalue weighted by atomic mass is 10.1. The minimum absolute atomic E-state index is 0.112. The molecule has 0 aliphatic rings. The summed E-state index contributed by atoms with van der Waals surface area (Å²) in [6.07, 6.45) is -0.637. The van der Waals surface area contributed by atoms with Crippen LogP contribution in [0, 0.1) is 11.6 Å². The lowest BCUT2D eigenvalue weighted by Gasteiger charge is -2.11. The summed E-state index contributed by atoms with van der Waals surface area (Å²) in [5.41, 5.74) is 0.764. The zero-order valence-corrected chi connectivity index (χ0v) is 11.5. The molecule has 0 radical (unpaired) electrons. The highest BCUT2D eigenvalue weighted by Crippen LogP contribution is 2.28. The smallest absolute Gasteiger partial charge is 0.138 e. The van der Waals surface area contributed by atoms with Crippen LogP contribution in [0.1, 0.15) is 24.2 Å². The highest BCUT2D eigenvalue weighted by molar-refractivity contribution is 6.32. The fourth-order valence-electron chi connectivity index (χ4n) is 1.70. The summed E-state index contributed by atoms with van der Waals surface area (Å²) in [6.45, 7) is 1.49. The minimum atomic E-state index is -0.637. The van der Waals surface area contributed by atoms with E-state index in [2.05, 4.69) is 0 Å². The van der Waals surface area contributed by atoms with Crippen LogP contribution in [0.15, 0.2) is 36.4 Å². The molecule has 2 aromatic rings. The Bertz CT molecular complexity index is 615. The normalized spacial score (nSPS) is 12.2. The Morgan fingerprint density at radius 3 is 2.60 bits per heavy atom. The van der Waals surface area contributed by atoms with Gasteiger partial charge in [-0.1, -0.05) is 17.7 Å². The van der Waals surface area contributed by atoms with Crippen molar-refractivity contribution >= 4 is 11.6 Å². The van der Waals surface area contributed by atoms with Crippen LogP contribution in [-0.4, -0.2) is 5.11 Å². The van der Waals surface area contributed by atoms with Crippen molar-refractivity contribution in [2.45, 2.75) is 19.6 Å². The molecule has 0 saturated carbocycles. The van der Waals surface area contributed by atoms with Crippen LogP contribution in [-0.2, 0) is 6.61 Å². The number of hydrogen-bond donors (Lipinski definition) is 1. The number of hydrogen-bond acceptors (Lipinski definition) is 2. The van der Waals surface area contributed by atoms with E-state index < -0.39 is 17.7 Å². The summed E-state index contributed by atoms with van der Waals surface area (Å²) in [4.78, 5) is 0. The molecule has 0 aromatic heterocycles. The van der Waals surface area contributed by atoms with Gasteiger partial charge in [-0.2, -0.15) is 0 Å². The molecular formula is C15H13ClF2O2. The highest BCUT2D eigenvalue weighted by atomic mass is 35.5. The van der Waals surface area contributed by atoms with Gasteiger partial charge >= 0.3 is 0 Å². The van der Waals surface area contributed by atoms with Crippen LogP contribution in [0.2, 0.25) is 5.02 Å². The van der Waals surface area contributed by atoms with Crippen LogP contribution < -0.4 is 4.74 Å². The standard InChI is InChI=1S/C15H13ClF2O2/c1-9(19)10-2-5-15(13(16)7-10)20-8-11-6-12(17)3-4-14(11)18/h2-7,9,19H,8H2,1H3/t9-/m1/s1. The van der Waals surface area contributed by atoms with Gasteiger partial charge in [-0.15, -0.1) is 0 Å². The lowest BCUT2D eigenvalue weighted by Crippen LogP contribution is -2.00. The second-order valence-electron chi connectivity index (χ2n) is 4.39. The third-order valence-electron chi connectivity index (χ3n) is 2.83. The molecule has 0 spiro atoms. The third-order valence-corrected chi connectivity index (χ3v) is 3.12. The van der Waals surface area contributed by atoms with Crippen molar-refractivity contribution < 1.29 is 18.6 Å². The van der Waals surface area contributed by atoms with E-state index >= 15 is 0 Å². The molecule has 0 aliphatic heterocycles. The van der Waals surface area contributed by atoms with Crippen molar-refractivity contribution in [2.75, 3.05) is 0 Å². The molecule has 5 heteroatoms. The predicted octanol–water partition coefficient (Wildman–Crippen LogP) is 4.25. The molecule has 2 aromatic carbocycles. The molecule has 20 heavy (non-hydrogen) atoms. The van der Waals surface area contributed by atoms with Gasteiger partial charge in [0.15, 0.2) is 0 Å². The van der Waals surface area contributed by atoms with Crippen molar-refractivity contribution in [3.05, 3.63) is 64.2 Å². The van der Waals surface area contributed by atoms with Crippen molar-refractivity contribution in [1.29, 1.82) is 0 Å². The number of halogens is 3. The van der Waals surface area contributed by atoms with E-state index in [9.17, 15) is 13.9 Å². The van der Waals surface area contributed by atoms with Gasteiger partial charge in [-0.3, -0.25) is 0 Å². The number of ether oxygens (including phenoxy) is 1. The maximum atomic E-state index is 13.4.